The van der Waals surface area contributed by atoms with Crippen molar-refractivity contribution in [1.29, 1.82) is 0 Å². The normalized spacial score (nSPS) is 19.3. The molecule has 0 unspecified atom stereocenters. The van der Waals surface area contributed by atoms with E-state index in [-0.39, 0.29) is 18.0 Å². The van der Waals surface area contributed by atoms with Crippen LogP contribution < -0.4 is 5.32 Å². The molecule has 4 heterocycles. The number of thioether (sulfide) groups is 2. The number of para-hydroxylation sites is 1. The maximum atomic E-state index is 12.9. The molecule has 8 nitrogen and oxygen atoms in total. The standard InChI is InChI=1S/C26H19ClN2O6S2/c27-11-13-3-1-5-17-16-7-6-15(10-18(16)35-23(13)17)37-19-12-36-25-21(24(31)29(25)22(19)26(32)33)28-20(30)9-14-4-2-8-34-14/h1-8,10,21,25H,9,11-12H2,(H,28,30)(H,32,33)/t21-,25+/m1/s1. The van der Waals surface area contributed by atoms with E-state index in [1.54, 1.807) is 12.1 Å². The molecule has 188 valence electrons. The third-order valence-corrected chi connectivity index (χ3v) is 9.13. The van der Waals surface area contributed by atoms with Gasteiger partial charge >= 0.3 is 5.97 Å². The zero-order valence-corrected chi connectivity index (χ0v) is 21.5. The minimum Gasteiger partial charge on any atom is -0.477 e. The number of rotatable bonds is 7. The van der Waals surface area contributed by atoms with E-state index >= 15 is 0 Å². The molecule has 2 amide bonds. The summed E-state index contributed by atoms with van der Waals surface area (Å²) < 4.78 is 11.3. The van der Waals surface area contributed by atoms with E-state index in [1.165, 1.54) is 34.7 Å². The summed E-state index contributed by atoms with van der Waals surface area (Å²) in [6, 6.07) is 14.1. The molecule has 4 aromatic rings. The van der Waals surface area contributed by atoms with Gasteiger partial charge in [-0.2, -0.15) is 0 Å². The number of nitrogens with zero attached hydrogens (tertiary/aromatic N) is 1. The highest BCUT2D eigenvalue weighted by Crippen LogP contribution is 2.46. The van der Waals surface area contributed by atoms with Crippen LogP contribution in [0.2, 0.25) is 0 Å². The molecule has 11 heteroatoms. The number of furan rings is 2. The number of β-lactam (4-membered cyclic amide) rings is 1. The molecule has 0 bridgehead atoms. The maximum Gasteiger partial charge on any atom is 0.353 e. The quantitative estimate of drug-likeness (QED) is 0.244. The summed E-state index contributed by atoms with van der Waals surface area (Å²) in [4.78, 5) is 40.1. The molecule has 2 aromatic heterocycles. The molecule has 0 radical (unpaired) electrons. The molecular formula is C26H19ClN2O6S2. The summed E-state index contributed by atoms with van der Waals surface area (Å²) in [5.41, 5.74) is 2.26. The van der Waals surface area contributed by atoms with Gasteiger partial charge in [0.2, 0.25) is 5.91 Å². The lowest BCUT2D eigenvalue weighted by Crippen LogP contribution is -2.70. The lowest BCUT2D eigenvalue weighted by atomic mass is 10.0. The number of carboxylic acid groups (broad SMARTS) is 1. The second-order valence-electron chi connectivity index (χ2n) is 8.58. The zero-order chi connectivity index (χ0) is 25.7. The highest BCUT2D eigenvalue weighted by atomic mass is 35.5. The van der Waals surface area contributed by atoms with Crippen LogP contribution >= 0.6 is 35.1 Å². The Labute approximate surface area is 224 Å². The summed E-state index contributed by atoms with van der Waals surface area (Å²) in [7, 11) is 0. The van der Waals surface area contributed by atoms with E-state index in [4.69, 9.17) is 20.4 Å². The van der Waals surface area contributed by atoms with Crippen LogP contribution in [0.4, 0.5) is 0 Å². The fourth-order valence-corrected chi connectivity index (χ4v) is 7.33. The average molecular weight is 555 g/mol. The van der Waals surface area contributed by atoms with Crippen molar-refractivity contribution in [2.45, 2.75) is 28.6 Å². The highest BCUT2D eigenvalue weighted by Gasteiger charge is 2.54. The molecule has 2 aliphatic heterocycles. The summed E-state index contributed by atoms with van der Waals surface area (Å²) >= 11 is 8.78. The fourth-order valence-electron chi connectivity index (χ4n) is 4.61. The number of nitrogens with one attached hydrogen (secondary N) is 1. The molecule has 0 spiro atoms. The molecule has 6 rings (SSSR count). The van der Waals surface area contributed by atoms with Crippen molar-refractivity contribution in [1.82, 2.24) is 10.2 Å². The van der Waals surface area contributed by atoms with Gasteiger partial charge in [0, 0.05) is 31.9 Å². The molecule has 0 aliphatic carbocycles. The third-order valence-electron chi connectivity index (χ3n) is 6.30. The predicted molar refractivity (Wildman–Crippen MR) is 141 cm³/mol. The van der Waals surface area contributed by atoms with Crippen LogP contribution in [0.3, 0.4) is 0 Å². The Kier molecular flexibility index (Phi) is 6.18. The van der Waals surface area contributed by atoms with E-state index in [0.717, 1.165) is 26.8 Å². The summed E-state index contributed by atoms with van der Waals surface area (Å²) in [5.74, 6) is -0.770. The predicted octanol–water partition coefficient (Wildman–Crippen LogP) is 4.95. The molecule has 0 saturated carbocycles. The summed E-state index contributed by atoms with van der Waals surface area (Å²) in [5, 5.41) is 14.1. The topological polar surface area (TPSA) is 113 Å². The Hall–Kier alpha value is -3.34. The number of fused-ring (bicyclic) bond motifs is 4. The Morgan fingerprint density at radius 2 is 2.05 bits per heavy atom. The smallest absolute Gasteiger partial charge is 0.353 e. The van der Waals surface area contributed by atoms with Crippen molar-refractivity contribution in [3.05, 3.63) is 76.7 Å². The van der Waals surface area contributed by atoms with Crippen LogP contribution in [0.5, 0.6) is 0 Å². The minimum absolute atomic E-state index is 0.00749. The number of halogens is 1. The SMILES string of the molecule is O=C(Cc1ccco1)N[C@@H]1C(=O)N2C(C(=O)O)=C(Sc3ccc4c(c3)oc3c(CCl)cccc34)CS[C@@H]12. The van der Waals surface area contributed by atoms with Gasteiger partial charge in [0.05, 0.1) is 18.6 Å². The lowest BCUT2D eigenvalue weighted by molar-refractivity contribution is -0.150. The molecule has 2 atom stereocenters. The highest BCUT2D eigenvalue weighted by molar-refractivity contribution is 8.06. The van der Waals surface area contributed by atoms with Gasteiger partial charge in [0.25, 0.3) is 5.91 Å². The third kappa shape index (κ3) is 4.18. The van der Waals surface area contributed by atoms with E-state index in [0.29, 0.717) is 27.9 Å². The van der Waals surface area contributed by atoms with Crippen LogP contribution in [0.15, 0.2) is 79.1 Å². The number of hydrogen-bond donors (Lipinski definition) is 2. The van der Waals surface area contributed by atoms with Gasteiger partial charge in [-0.3, -0.25) is 14.5 Å². The average Bonchev–Trinajstić information content (AvgIpc) is 3.53. The molecule has 1 fully saturated rings. The van der Waals surface area contributed by atoms with Crippen LogP contribution in [0.1, 0.15) is 11.3 Å². The molecule has 1 saturated heterocycles. The van der Waals surface area contributed by atoms with E-state index in [9.17, 15) is 19.5 Å². The number of benzene rings is 2. The van der Waals surface area contributed by atoms with E-state index < -0.39 is 23.3 Å². The summed E-state index contributed by atoms with van der Waals surface area (Å²) in [6.07, 6.45) is 1.48. The molecule has 37 heavy (non-hydrogen) atoms. The Balaban J connectivity index is 1.24. The van der Waals surface area contributed by atoms with Gasteiger partial charge in [-0.1, -0.05) is 30.0 Å². The zero-order valence-electron chi connectivity index (χ0n) is 19.1. The monoisotopic (exact) mass is 554 g/mol. The van der Waals surface area contributed by atoms with Gasteiger partial charge in [0.15, 0.2) is 0 Å². The number of alkyl halides is 1. The lowest BCUT2D eigenvalue weighted by Gasteiger charge is -2.49. The van der Waals surface area contributed by atoms with Gasteiger partial charge in [-0.25, -0.2) is 4.79 Å². The molecular weight excluding hydrogens is 536 g/mol. The van der Waals surface area contributed by atoms with Crippen molar-refractivity contribution in [2.75, 3.05) is 5.75 Å². The van der Waals surface area contributed by atoms with Crippen LogP contribution in [0, 0.1) is 0 Å². The van der Waals surface area contributed by atoms with E-state index in [2.05, 4.69) is 5.32 Å². The number of aliphatic carboxylic acids is 1. The number of carbonyl (C=O) groups is 3. The summed E-state index contributed by atoms with van der Waals surface area (Å²) in [6.45, 7) is 0. The first kappa shape index (κ1) is 24.0. The second kappa shape index (κ2) is 9.51. The van der Waals surface area contributed by atoms with Gasteiger partial charge in [-0.05, 0) is 30.3 Å². The van der Waals surface area contributed by atoms with E-state index in [1.807, 2.05) is 36.4 Å². The molecule has 2 aliphatic rings. The van der Waals surface area contributed by atoms with Crippen molar-refractivity contribution in [2.24, 2.45) is 0 Å². The van der Waals surface area contributed by atoms with Crippen molar-refractivity contribution in [3.63, 3.8) is 0 Å². The fraction of sp³-hybridized carbons (Fsp3) is 0.192. The van der Waals surface area contributed by atoms with Crippen LogP contribution in [-0.4, -0.2) is 45.0 Å². The number of hydrogen-bond acceptors (Lipinski definition) is 7. The van der Waals surface area contributed by atoms with Crippen LogP contribution in [0.25, 0.3) is 21.9 Å². The van der Waals surface area contributed by atoms with Crippen molar-refractivity contribution < 1.29 is 28.3 Å². The Bertz CT molecular complexity index is 1600. The Morgan fingerprint density at radius 3 is 2.81 bits per heavy atom. The van der Waals surface area contributed by atoms with Crippen molar-refractivity contribution >= 4 is 74.8 Å². The first-order chi connectivity index (χ1) is 17.9. The molecule has 2 N–H and O–H groups in total. The first-order valence-corrected chi connectivity index (χ1v) is 13.8. The Morgan fingerprint density at radius 1 is 1.19 bits per heavy atom. The first-order valence-electron chi connectivity index (χ1n) is 11.4. The maximum absolute atomic E-state index is 12.9. The molecule has 2 aromatic carbocycles. The number of carbonyl (C=O) groups excluding carboxylic acids is 2. The largest absolute Gasteiger partial charge is 0.477 e. The van der Waals surface area contributed by atoms with Crippen molar-refractivity contribution in [3.8, 4) is 0 Å². The van der Waals surface area contributed by atoms with Gasteiger partial charge in [0.1, 0.15) is 34.0 Å². The second-order valence-corrected chi connectivity index (χ2v) is 11.1. The van der Waals surface area contributed by atoms with Crippen LogP contribution in [-0.2, 0) is 26.7 Å². The van der Waals surface area contributed by atoms with Gasteiger partial charge in [-0.15, -0.1) is 23.4 Å². The number of amides is 2. The number of carboxylic acids is 1. The van der Waals surface area contributed by atoms with Gasteiger partial charge < -0.3 is 19.3 Å². The minimum atomic E-state index is -1.18.